The van der Waals surface area contributed by atoms with E-state index in [1.54, 1.807) is 29.3 Å². The molecule has 28 heavy (non-hydrogen) atoms. The number of aromatic nitrogens is 3. The number of anilines is 1. The van der Waals surface area contributed by atoms with Gasteiger partial charge in [-0.3, -0.25) is 19.1 Å². The maximum absolute atomic E-state index is 13.2. The summed E-state index contributed by atoms with van der Waals surface area (Å²) in [5, 5.41) is 0. The van der Waals surface area contributed by atoms with Crippen molar-refractivity contribution in [3.05, 3.63) is 92.0 Å². The molecule has 0 bridgehead atoms. The highest BCUT2D eigenvalue weighted by Crippen LogP contribution is 2.28. The number of benzene rings is 1. The number of rotatable bonds is 3. The number of pyridine rings is 1. The van der Waals surface area contributed by atoms with Crippen LogP contribution in [0.25, 0.3) is 0 Å². The number of fused-ring (bicyclic) bond motifs is 1. The molecule has 7 nitrogen and oxygen atoms in total. The summed E-state index contributed by atoms with van der Waals surface area (Å²) in [7, 11) is 0. The summed E-state index contributed by atoms with van der Waals surface area (Å²) in [5.41, 5.74) is 2.39. The minimum Gasteiger partial charge on any atom is -0.313 e. The van der Waals surface area contributed by atoms with Crippen LogP contribution in [-0.4, -0.2) is 27.0 Å². The largest absolute Gasteiger partial charge is 0.328 e. The van der Waals surface area contributed by atoms with Crippen molar-refractivity contribution in [2.24, 2.45) is 0 Å². The first-order valence-electron chi connectivity index (χ1n) is 9.18. The van der Waals surface area contributed by atoms with Crippen molar-refractivity contribution >= 4 is 11.6 Å². The molecule has 2 aromatic heterocycles. The maximum Gasteiger partial charge on any atom is 0.328 e. The number of aromatic amines is 1. The molecule has 1 N–H and O–H groups in total. The van der Waals surface area contributed by atoms with Gasteiger partial charge in [0.2, 0.25) is 0 Å². The molecule has 0 fully saturated rings. The molecule has 0 radical (unpaired) electrons. The standard InChI is InChI=1S/C21H20N4O3/c1-14-7-8-18-15(11-14)5-4-10-24(18)19(26)17-12-23-21(28)25(20(17)27)13-16-6-2-3-9-22-16/h2-3,6-9,11-12H,4-5,10,13H2,1H3,(H,23,28). The van der Waals surface area contributed by atoms with Crippen LogP contribution < -0.4 is 16.1 Å². The summed E-state index contributed by atoms with van der Waals surface area (Å²) in [4.78, 5) is 46.5. The predicted molar refractivity (Wildman–Crippen MR) is 106 cm³/mol. The van der Waals surface area contributed by atoms with E-state index in [4.69, 9.17) is 0 Å². The van der Waals surface area contributed by atoms with Gasteiger partial charge in [0.1, 0.15) is 5.56 Å². The molecule has 0 unspecified atom stereocenters. The molecular formula is C21H20N4O3. The Hall–Kier alpha value is -3.48. The summed E-state index contributed by atoms with van der Waals surface area (Å²) in [6, 6.07) is 11.2. The van der Waals surface area contributed by atoms with Crippen molar-refractivity contribution < 1.29 is 4.79 Å². The maximum atomic E-state index is 13.2. The number of H-pyrrole nitrogens is 1. The van der Waals surface area contributed by atoms with Gasteiger partial charge in [0.15, 0.2) is 0 Å². The quantitative estimate of drug-likeness (QED) is 0.756. The number of carbonyl (C=O) groups is 1. The number of nitrogens with zero attached hydrogens (tertiary/aromatic N) is 3. The second-order valence-electron chi connectivity index (χ2n) is 6.91. The zero-order chi connectivity index (χ0) is 19.7. The molecule has 0 aliphatic carbocycles. The van der Waals surface area contributed by atoms with Crippen LogP contribution in [-0.2, 0) is 13.0 Å². The summed E-state index contributed by atoms with van der Waals surface area (Å²) in [6.07, 6.45) is 4.53. The molecule has 1 aliphatic rings. The van der Waals surface area contributed by atoms with Crippen LogP contribution in [0.15, 0.2) is 58.4 Å². The molecule has 0 saturated heterocycles. The average Bonchev–Trinajstić information content (AvgIpc) is 2.71. The van der Waals surface area contributed by atoms with Gasteiger partial charge in [-0.2, -0.15) is 0 Å². The molecule has 3 heterocycles. The summed E-state index contributed by atoms with van der Waals surface area (Å²) in [6.45, 7) is 2.55. The van der Waals surface area contributed by atoms with Gasteiger partial charge in [-0.25, -0.2) is 4.79 Å². The molecule has 3 aromatic rings. The van der Waals surface area contributed by atoms with Gasteiger partial charge in [-0.15, -0.1) is 0 Å². The second kappa shape index (κ2) is 7.26. The van der Waals surface area contributed by atoms with Crippen LogP contribution in [0.2, 0.25) is 0 Å². The van der Waals surface area contributed by atoms with Gasteiger partial charge in [0, 0.05) is 24.6 Å². The van der Waals surface area contributed by atoms with Gasteiger partial charge < -0.3 is 9.88 Å². The highest BCUT2D eigenvalue weighted by Gasteiger charge is 2.26. The predicted octanol–water partition coefficient (Wildman–Crippen LogP) is 1.88. The van der Waals surface area contributed by atoms with E-state index in [1.807, 2.05) is 19.1 Å². The monoisotopic (exact) mass is 376 g/mol. The first-order valence-corrected chi connectivity index (χ1v) is 9.18. The Bertz CT molecular complexity index is 1150. The van der Waals surface area contributed by atoms with Crippen molar-refractivity contribution in [2.45, 2.75) is 26.3 Å². The Morgan fingerprint density at radius 3 is 2.86 bits per heavy atom. The average molecular weight is 376 g/mol. The highest BCUT2D eigenvalue weighted by atomic mass is 16.2. The fourth-order valence-electron chi connectivity index (χ4n) is 3.54. The van der Waals surface area contributed by atoms with Crippen LogP contribution in [0.3, 0.4) is 0 Å². The van der Waals surface area contributed by atoms with Gasteiger partial charge in [0.05, 0.1) is 12.2 Å². The molecule has 0 spiro atoms. The van der Waals surface area contributed by atoms with Crippen molar-refractivity contribution in [2.75, 3.05) is 11.4 Å². The molecule has 1 aromatic carbocycles. The van der Waals surface area contributed by atoms with Crippen LogP contribution in [0.5, 0.6) is 0 Å². The minimum absolute atomic E-state index is 0.00586. The van der Waals surface area contributed by atoms with E-state index in [1.165, 1.54) is 6.20 Å². The molecule has 0 saturated carbocycles. The normalized spacial score (nSPS) is 13.2. The van der Waals surface area contributed by atoms with Gasteiger partial charge in [0.25, 0.3) is 11.5 Å². The van der Waals surface area contributed by atoms with Crippen LogP contribution in [0.4, 0.5) is 5.69 Å². The number of nitrogens with one attached hydrogen (secondary N) is 1. The third kappa shape index (κ3) is 3.26. The lowest BCUT2D eigenvalue weighted by molar-refractivity contribution is 0.0982. The van der Waals surface area contributed by atoms with E-state index in [-0.39, 0.29) is 12.1 Å². The Balaban J connectivity index is 1.73. The fraction of sp³-hybridized carbons (Fsp3) is 0.238. The number of hydrogen-bond donors (Lipinski definition) is 1. The molecule has 4 rings (SSSR count). The van der Waals surface area contributed by atoms with Crippen molar-refractivity contribution in [1.29, 1.82) is 0 Å². The lowest BCUT2D eigenvalue weighted by Crippen LogP contribution is -2.43. The SMILES string of the molecule is Cc1ccc2c(c1)CCCN2C(=O)c1c[nH]c(=O)n(Cc2ccccn2)c1=O. The molecule has 1 aliphatic heterocycles. The minimum atomic E-state index is -0.612. The van der Waals surface area contributed by atoms with Gasteiger partial charge in [-0.05, 0) is 43.5 Å². The third-order valence-corrected chi connectivity index (χ3v) is 4.94. The zero-order valence-corrected chi connectivity index (χ0v) is 15.5. The highest BCUT2D eigenvalue weighted by molar-refractivity contribution is 6.06. The molecule has 142 valence electrons. The van der Waals surface area contributed by atoms with E-state index in [0.29, 0.717) is 12.2 Å². The van der Waals surface area contributed by atoms with Crippen LogP contribution >= 0.6 is 0 Å². The smallest absolute Gasteiger partial charge is 0.313 e. The Morgan fingerprint density at radius 2 is 2.07 bits per heavy atom. The number of amides is 1. The first-order chi connectivity index (χ1) is 13.5. The zero-order valence-electron chi connectivity index (χ0n) is 15.5. The van der Waals surface area contributed by atoms with Gasteiger partial charge >= 0.3 is 5.69 Å². The second-order valence-corrected chi connectivity index (χ2v) is 6.91. The van der Waals surface area contributed by atoms with Crippen molar-refractivity contribution in [3.63, 3.8) is 0 Å². The van der Waals surface area contributed by atoms with Crippen LogP contribution in [0, 0.1) is 6.92 Å². The van der Waals surface area contributed by atoms with E-state index < -0.39 is 17.2 Å². The van der Waals surface area contributed by atoms with E-state index >= 15 is 0 Å². The summed E-state index contributed by atoms with van der Waals surface area (Å²) < 4.78 is 1.01. The van der Waals surface area contributed by atoms with Crippen molar-refractivity contribution in [1.82, 2.24) is 14.5 Å². The molecule has 0 atom stereocenters. The Labute approximate surface area is 161 Å². The number of hydrogen-bond acceptors (Lipinski definition) is 4. The fourth-order valence-corrected chi connectivity index (χ4v) is 3.54. The van der Waals surface area contributed by atoms with E-state index in [9.17, 15) is 14.4 Å². The van der Waals surface area contributed by atoms with Gasteiger partial charge in [-0.1, -0.05) is 23.8 Å². The number of carbonyl (C=O) groups excluding carboxylic acids is 1. The Kier molecular flexibility index (Phi) is 4.65. The van der Waals surface area contributed by atoms with Crippen LogP contribution in [0.1, 0.15) is 33.6 Å². The molecule has 7 heteroatoms. The van der Waals surface area contributed by atoms with Crippen molar-refractivity contribution in [3.8, 4) is 0 Å². The Morgan fingerprint density at radius 1 is 1.21 bits per heavy atom. The van der Waals surface area contributed by atoms with E-state index in [2.05, 4.69) is 16.0 Å². The summed E-state index contributed by atoms with van der Waals surface area (Å²) in [5.74, 6) is -0.402. The molecular weight excluding hydrogens is 356 g/mol. The number of aryl methyl sites for hydroxylation is 2. The lowest BCUT2D eigenvalue weighted by Gasteiger charge is -2.29. The summed E-state index contributed by atoms with van der Waals surface area (Å²) >= 11 is 0. The molecule has 1 amide bonds. The topological polar surface area (TPSA) is 88.1 Å². The van der Waals surface area contributed by atoms with E-state index in [0.717, 1.165) is 34.2 Å². The first kappa shape index (κ1) is 17.9. The lowest BCUT2D eigenvalue weighted by atomic mass is 9.99. The third-order valence-electron chi connectivity index (χ3n) is 4.94.